The van der Waals surface area contributed by atoms with Gasteiger partial charge in [0.2, 0.25) is 0 Å². The Hall–Kier alpha value is -1.38. The van der Waals surface area contributed by atoms with Gasteiger partial charge in [-0.2, -0.15) is 8.42 Å². The molecule has 0 aliphatic rings. The highest BCUT2D eigenvalue weighted by atomic mass is 32.2. The van der Waals surface area contributed by atoms with Crippen LogP contribution in [0.5, 0.6) is 0 Å². The first-order valence-corrected chi connectivity index (χ1v) is 5.52. The second-order valence-corrected chi connectivity index (χ2v) is 4.33. The monoisotopic (exact) mass is 228 g/mol. The largest absolute Gasteiger partial charge is 0.301 e. The van der Waals surface area contributed by atoms with Crippen LogP contribution in [0.3, 0.4) is 0 Å². The molecule has 0 aromatic heterocycles. The van der Waals surface area contributed by atoms with Crippen molar-refractivity contribution < 1.29 is 17.0 Å². The van der Waals surface area contributed by atoms with Gasteiger partial charge < -0.3 is 0 Å². The summed E-state index contributed by atoms with van der Waals surface area (Å²) in [5.41, 5.74) is 0. The lowest BCUT2D eigenvalue weighted by Gasteiger charge is -2.07. The van der Waals surface area contributed by atoms with E-state index >= 15 is 0 Å². The highest BCUT2D eigenvalue weighted by Crippen LogP contribution is 2.17. The molecule has 80 valence electrons. The molecule has 0 saturated heterocycles. The molecule has 0 amide bonds. The molecule has 0 bridgehead atoms. The molecule has 0 N–H and O–H groups in total. The van der Waals surface area contributed by atoms with Crippen LogP contribution in [0, 0.1) is 18.2 Å². The van der Waals surface area contributed by atoms with Gasteiger partial charge in [0, 0.05) is 0 Å². The Morgan fingerprint density at radius 2 is 2.07 bits per heavy atom. The Morgan fingerprint density at radius 1 is 1.47 bits per heavy atom. The van der Waals surface area contributed by atoms with E-state index in [9.17, 15) is 12.8 Å². The molecular weight excluding hydrogens is 219 g/mol. The van der Waals surface area contributed by atoms with E-state index in [0.29, 0.717) is 0 Å². The van der Waals surface area contributed by atoms with Crippen LogP contribution in [-0.4, -0.2) is 14.5 Å². The second-order valence-electron chi connectivity index (χ2n) is 2.79. The molecule has 0 spiro atoms. The summed E-state index contributed by atoms with van der Waals surface area (Å²) in [7, 11) is -4.12. The van der Waals surface area contributed by atoms with Gasteiger partial charge in [-0.05, 0) is 19.1 Å². The molecule has 1 rings (SSSR count). The molecule has 0 aliphatic heterocycles. The lowest BCUT2D eigenvalue weighted by Crippen LogP contribution is -2.14. The summed E-state index contributed by atoms with van der Waals surface area (Å²) >= 11 is 0. The molecule has 1 unspecified atom stereocenters. The highest BCUT2D eigenvalue weighted by molar-refractivity contribution is 7.86. The van der Waals surface area contributed by atoms with Crippen LogP contribution >= 0.6 is 0 Å². The predicted molar refractivity (Wildman–Crippen MR) is 53.0 cm³/mol. The van der Waals surface area contributed by atoms with E-state index in [2.05, 4.69) is 10.1 Å². The minimum Gasteiger partial charge on any atom is -0.250 e. The normalized spacial score (nSPS) is 13.1. The maximum Gasteiger partial charge on any atom is 0.301 e. The van der Waals surface area contributed by atoms with Crippen molar-refractivity contribution in [3.8, 4) is 12.3 Å². The van der Waals surface area contributed by atoms with Gasteiger partial charge in [0.05, 0.1) is 0 Å². The van der Waals surface area contributed by atoms with E-state index in [4.69, 9.17) is 6.42 Å². The number of halogens is 1. The lowest BCUT2D eigenvalue weighted by atomic mass is 10.4. The van der Waals surface area contributed by atoms with E-state index in [1.807, 2.05) is 0 Å². The Labute approximate surface area is 88.0 Å². The molecule has 1 atom stereocenters. The molecule has 1 aromatic carbocycles. The maximum absolute atomic E-state index is 13.1. The van der Waals surface area contributed by atoms with Crippen LogP contribution in [-0.2, 0) is 14.3 Å². The van der Waals surface area contributed by atoms with Crippen molar-refractivity contribution in [2.24, 2.45) is 0 Å². The molecule has 15 heavy (non-hydrogen) atoms. The molecule has 0 radical (unpaired) electrons. The third-order valence-corrected chi connectivity index (χ3v) is 3.02. The third-order valence-electron chi connectivity index (χ3n) is 1.61. The number of rotatable bonds is 3. The van der Waals surface area contributed by atoms with Crippen molar-refractivity contribution in [1.29, 1.82) is 0 Å². The van der Waals surface area contributed by atoms with Crippen LogP contribution in [0.4, 0.5) is 4.39 Å². The zero-order chi connectivity index (χ0) is 11.5. The second kappa shape index (κ2) is 4.43. The van der Waals surface area contributed by atoms with Crippen LogP contribution in [0.25, 0.3) is 0 Å². The highest BCUT2D eigenvalue weighted by Gasteiger charge is 2.21. The first kappa shape index (κ1) is 11.7. The molecule has 1 aromatic rings. The summed E-state index contributed by atoms with van der Waals surface area (Å²) in [5.74, 6) is 1.23. The molecule has 0 fully saturated rings. The first-order valence-electron chi connectivity index (χ1n) is 4.11. The van der Waals surface area contributed by atoms with Crippen LogP contribution in [0.2, 0.25) is 0 Å². The zero-order valence-electron chi connectivity index (χ0n) is 7.98. The summed E-state index contributed by atoms with van der Waals surface area (Å²) in [5, 5.41) is 0. The van der Waals surface area contributed by atoms with Crippen molar-refractivity contribution in [2.45, 2.75) is 17.9 Å². The first-order chi connectivity index (χ1) is 6.97. The fraction of sp³-hybridized carbons (Fsp3) is 0.200. The standard InChI is InChI=1S/C10H9FO3S/c1-3-8(2)14-15(12,13)10-7-5-4-6-9(10)11/h1,4-8H,2H3. The summed E-state index contributed by atoms with van der Waals surface area (Å²) < 4.78 is 40.6. The average molecular weight is 228 g/mol. The molecular formula is C10H9FO3S. The van der Waals surface area contributed by atoms with Gasteiger partial charge in [0.15, 0.2) is 0 Å². The number of hydrogen-bond donors (Lipinski definition) is 0. The fourth-order valence-electron chi connectivity index (χ4n) is 0.917. The lowest BCUT2D eigenvalue weighted by molar-refractivity contribution is 0.281. The summed E-state index contributed by atoms with van der Waals surface area (Å²) in [6.45, 7) is 1.39. The average Bonchev–Trinajstić information content (AvgIpc) is 2.17. The van der Waals surface area contributed by atoms with Crippen molar-refractivity contribution in [2.75, 3.05) is 0 Å². The van der Waals surface area contributed by atoms with Gasteiger partial charge in [-0.15, -0.1) is 6.42 Å². The van der Waals surface area contributed by atoms with Gasteiger partial charge in [-0.3, -0.25) is 4.18 Å². The van der Waals surface area contributed by atoms with E-state index in [1.165, 1.54) is 19.1 Å². The quantitative estimate of drug-likeness (QED) is 0.582. The summed E-state index contributed by atoms with van der Waals surface area (Å²) in [6.07, 6.45) is 4.04. The van der Waals surface area contributed by atoms with Gasteiger partial charge in [0.25, 0.3) is 0 Å². The number of hydrogen-bond acceptors (Lipinski definition) is 3. The third kappa shape index (κ3) is 2.78. The molecule has 0 saturated carbocycles. The predicted octanol–water partition coefficient (Wildman–Crippen LogP) is 1.55. The number of benzene rings is 1. The molecule has 3 nitrogen and oxygen atoms in total. The van der Waals surface area contributed by atoms with E-state index < -0.39 is 26.9 Å². The topological polar surface area (TPSA) is 43.4 Å². The van der Waals surface area contributed by atoms with Gasteiger partial charge in [-0.25, -0.2) is 4.39 Å². The van der Waals surface area contributed by atoms with Crippen molar-refractivity contribution in [3.05, 3.63) is 30.1 Å². The summed E-state index contributed by atoms with van der Waals surface area (Å²) in [6, 6.07) is 4.95. The number of terminal acetylenes is 1. The Bertz CT molecular complexity index is 488. The van der Waals surface area contributed by atoms with Crippen molar-refractivity contribution in [1.82, 2.24) is 0 Å². The van der Waals surface area contributed by atoms with Crippen LogP contribution < -0.4 is 0 Å². The Balaban J connectivity index is 3.09. The van der Waals surface area contributed by atoms with Crippen molar-refractivity contribution >= 4 is 10.1 Å². The zero-order valence-corrected chi connectivity index (χ0v) is 8.79. The molecule has 0 aliphatic carbocycles. The van der Waals surface area contributed by atoms with Crippen LogP contribution in [0.15, 0.2) is 29.2 Å². The maximum atomic E-state index is 13.1. The van der Waals surface area contributed by atoms with E-state index in [0.717, 1.165) is 12.1 Å². The molecule has 5 heteroatoms. The smallest absolute Gasteiger partial charge is 0.250 e. The Kier molecular flexibility index (Phi) is 3.45. The van der Waals surface area contributed by atoms with Crippen LogP contribution in [0.1, 0.15) is 6.92 Å². The SMILES string of the molecule is C#CC(C)OS(=O)(=O)c1ccccc1F. The van der Waals surface area contributed by atoms with E-state index in [-0.39, 0.29) is 0 Å². The summed E-state index contributed by atoms with van der Waals surface area (Å²) in [4.78, 5) is -0.507. The minimum atomic E-state index is -4.12. The van der Waals surface area contributed by atoms with Crippen molar-refractivity contribution in [3.63, 3.8) is 0 Å². The molecule has 0 heterocycles. The Morgan fingerprint density at radius 3 is 2.60 bits per heavy atom. The fourth-order valence-corrected chi connectivity index (χ4v) is 2.01. The minimum absolute atomic E-state index is 0.507. The van der Waals surface area contributed by atoms with Gasteiger partial charge in [-0.1, -0.05) is 18.1 Å². The van der Waals surface area contributed by atoms with Gasteiger partial charge >= 0.3 is 10.1 Å². The van der Waals surface area contributed by atoms with E-state index in [1.54, 1.807) is 0 Å². The van der Waals surface area contributed by atoms with Gasteiger partial charge in [0.1, 0.15) is 16.8 Å².